The van der Waals surface area contributed by atoms with E-state index in [1.54, 1.807) is 0 Å². The largest absolute Gasteiger partial charge is 0.307 e. The van der Waals surface area contributed by atoms with Crippen LogP contribution in [0.4, 0.5) is 17.1 Å². The summed E-state index contributed by atoms with van der Waals surface area (Å²) in [6.07, 6.45) is 5.89. The van der Waals surface area contributed by atoms with E-state index in [0.29, 0.717) is 0 Å². The third-order valence-electron chi connectivity index (χ3n) is 8.57. The summed E-state index contributed by atoms with van der Waals surface area (Å²) in [7, 11) is 0. The SMILES string of the molecule is c1ccc2c(c1)Cc1c-2cc2c3c1Cc1ncccc1N3c1c(ccc3c1-c1ccccc1C3)C2. The average molecular weight is 447 g/mol. The van der Waals surface area contributed by atoms with Crippen LogP contribution in [0, 0.1) is 0 Å². The molecule has 0 fully saturated rings. The van der Waals surface area contributed by atoms with Crippen molar-refractivity contribution in [3.63, 3.8) is 0 Å². The Morgan fingerprint density at radius 1 is 0.543 bits per heavy atom. The van der Waals surface area contributed by atoms with E-state index in [1.165, 1.54) is 84.0 Å². The lowest BCUT2D eigenvalue weighted by Gasteiger charge is -2.41. The second-order valence-electron chi connectivity index (χ2n) is 10.3. The number of aromatic nitrogens is 1. The van der Waals surface area contributed by atoms with Crippen LogP contribution in [-0.2, 0) is 25.7 Å². The van der Waals surface area contributed by atoms with Gasteiger partial charge in [-0.3, -0.25) is 4.98 Å². The summed E-state index contributed by atoms with van der Waals surface area (Å²) in [6.45, 7) is 0. The molecule has 2 aliphatic heterocycles. The van der Waals surface area contributed by atoms with Gasteiger partial charge in [-0.15, -0.1) is 0 Å². The Morgan fingerprint density at radius 2 is 1.31 bits per heavy atom. The van der Waals surface area contributed by atoms with Crippen LogP contribution in [0.15, 0.2) is 85.1 Å². The first-order chi connectivity index (χ1) is 17.3. The zero-order valence-corrected chi connectivity index (χ0v) is 19.3. The Bertz CT molecular complexity index is 1760. The zero-order valence-electron chi connectivity index (χ0n) is 19.3. The molecule has 164 valence electrons. The van der Waals surface area contributed by atoms with E-state index in [0.717, 1.165) is 25.7 Å². The molecule has 0 atom stereocenters. The molecule has 2 nitrogen and oxygen atoms in total. The molecule has 1 aromatic heterocycles. The number of pyridine rings is 1. The first-order valence-electron chi connectivity index (χ1n) is 12.6. The van der Waals surface area contributed by atoms with Crippen LogP contribution in [0.1, 0.15) is 44.6 Å². The highest BCUT2D eigenvalue weighted by atomic mass is 15.2. The van der Waals surface area contributed by atoms with Gasteiger partial charge in [-0.2, -0.15) is 0 Å². The molecule has 5 aromatic rings. The van der Waals surface area contributed by atoms with Crippen LogP contribution in [0.2, 0.25) is 0 Å². The summed E-state index contributed by atoms with van der Waals surface area (Å²) in [6, 6.07) is 29.5. The Kier molecular flexibility index (Phi) is 3.27. The topological polar surface area (TPSA) is 16.1 Å². The molecule has 0 bridgehead atoms. The van der Waals surface area contributed by atoms with Gasteiger partial charge in [0.05, 0.1) is 22.8 Å². The lowest BCUT2D eigenvalue weighted by molar-refractivity contribution is 0.956. The highest BCUT2D eigenvalue weighted by molar-refractivity contribution is 6.00. The lowest BCUT2D eigenvalue weighted by atomic mass is 9.82. The molecular formula is C33H22N2. The van der Waals surface area contributed by atoms with Crippen molar-refractivity contribution in [1.82, 2.24) is 4.98 Å². The molecule has 0 spiro atoms. The van der Waals surface area contributed by atoms with Crippen molar-refractivity contribution >= 4 is 17.1 Å². The predicted molar refractivity (Wildman–Crippen MR) is 141 cm³/mol. The fourth-order valence-corrected chi connectivity index (χ4v) is 7.14. The van der Waals surface area contributed by atoms with Crippen LogP contribution in [0.25, 0.3) is 22.3 Å². The summed E-state index contributed by atoms with van der Waals surface area (Å²) >= 11 is 0. The van der Waals surface area contributed by atoms with Gasteiger partial charge in [0.15, 0.2) is 0 Å². The minimum absolute atomic E-state index is 0.910. The Hall–Kier alpha value is -4.17. The van der Waals surface area contributed by atoms with Crippen molar-refractivity contribution in [2.75, 3.05) is 4.90 Å². The predicted octanol–water partition coefficient (Wildman–Crippen LogP) is 7.50. The first kappa shape index (κ1) is 18.2. The maximum atomic E-state index is 4.91. The van der Waals surface area contributed by atoms with E-state index in [-0.39, 0.29) is 0 Å². The minimum Gasteiger partial charge on any atom is -0.307 e. The summed E-state index contributed by atoms with van der Waals surface area (Å²) in [5, 5.41) is 0. The third kappa shape index (κ3) is 2.23. The van der Waals surface area contributed by atoms with E-state index < -0.39 is 0 Å². The molecular weight excluding hydrogens is 424 g/mol. The molecule has 0 saturated carbocycles. The van der Waals surface area contributed by atoms with Gasteiger partial charge >= 0.3 is 0 Å². The normalized spacial score (nSPS) is 14.9. The number of hydrogen-bond acceptors (Lipinski definition) is 2. The van der Waals surface area contributed by atoms with Crippen molar-refractivity contribution in [1.29, 1.82) is 0 Å². The van der Waals surface area contributed by atoms with Crippen LogP contribution < -0.4 is 4.90 Å². The number of rotatable bonds is 0. The Labute approximate surface area is 204 Å². The fourth-order valence-electron chi connectivity index (χ4n) is 7.14. The van der Waals surface area contributed by atoms with Crippen molar-refractivity contribution in [2.45, 2.75) is 25.7 Å². The van der Waals surface area contributed by atoms with Gasteiger partial charge in [-0.25, -0.2) is 0 Å². The van der Waals surface area contributed by atoms with E-state index in [9.17, 15) is 0 Å². The van der Waals surface area contributed by atoms with Crippen LogP contribution in [0.5, 0.6) is 0 Å². The zero-order chi connectivity index (χ0) is 22.7. The van der Waals surface area contributed by atoms with Crippen molar-refractivity contribution < 1.29 is 0 Å². The quantitative estimate of drug-likeness (QED) is 0.240. The molecule has 0 N–H and O–H groups in total. The van der Waals surface area contributed by atoms with Gasteiger partial charge < -0.3 is 4.90 Å². The molecule has 2 heteroatoms. The van der Waals surface area contributed by atoms with E-state index >= 15 is 0 Å². The number of nitrogens with zero attached hydrogens (tertiary/aromatic N) is 2. The molecule has 4 aliphatic rings. The summed E-state index contributed by atoms with van der Waals surface area (Å²) in [5.74, 6) is 0. The van der Waals surface area contributed by atoms with E-state index in [2.05, 4.69) is 83.8 Å². The molecule has 9 rings (SSSR count). The van der Waals surface area contributed by atoms with Crippen molar-refractivity contribution in [2.24, 2.45) is 0 Å². The van der Waals surface area contributed by atoms with Crippen molar-refractivity contribution in [3.8, 4) is 22.3 Å². The Morgan fingerprint density at radius 3 is 2.23 bits per heavy atom. The van der Waals surface area contributed by atoms with Crippen LogP contribution in [0.3, 0.4) is 0 Å². The number of anilines is 3. The first-order valence-corrected chi connectivity index (χ1v) is 12.6. The molecule has 0 radical (unpaired) electrons. The van der Waals surface area contributed by atoms with Gasteiger partial charge in [-0.1, -0.05) is 60.7 Å². The third-order valence-corrected chi connectivity index (χ3v) is 8.57. The maximum absolute atomic E-state index is 4.91. The van der Waals surface area contributed by atoms with Gasteiger partial charge in [0, 0.05) is 24.6 Å². The van der Waals surface area contributed by atoms with E-state index in [4.69, 9.17) is 4.98 Å². The number of benzene rings is 4. The standard InChI is InChI=1S/C33H22N2/c1-3-8-24-20(7-1)16-27-26(24)17-23-15-22-12-11-21-14-19-6-2-4-9-25(19)31(21)33(22)35-30-10-5-13-34-29(30)18-28(27)32(23)35/h1-13,17H,14-16,18H2. The number of fused-ring (bicyclic) bond motifs is 12. The second-order valence-corrected chi connectivity index (χ2v) is 10.3. The minimum atomic E-state index is 0.910. The van der Waals surface area contributed by atoms with Gasteiger partial charge in [0.1, 0.15) is 0 Å². The highest BCUT2D eigenvalue weighted by Gasteiger charge is 2.38. The van der Waals surface area contributed by atoms with Crippen molar-refractivity contribution in [3.05, 3.63) is 130 Å². The van der Waals surface area contributed by atoms with Gasteiger partial charge in [0.25, 0.3) is 0 Å². The van der Waals surface area contributed by atoms with E-state index in [1.807, 2.05) is 6.20 Å². The smallest absolute Gasteiger partial charge is 0.0688 e. The monoisotopic (exact) mass is 446 g/mol. The summed E-state index contributed by atoms with van der Waals surface area (Å²) in [4.78, 5) is 7.50. The molecule has 2 aliphatic carbocycles. The molecule has 3 heterocycles. The van der Waals surface area contributed by atoms with Crippen LogP contribution in [-0.4, -0.2) is 4.98 Å². The van der Waals surface area contributed by atoms with Gasteiger partial charge in [-0.05, 0) is 86.7 Å². The van der Waals surface area contributed by atoms with Crippen LogP contribution >= 0.6 is 0 Å². The summed E-state index contributed by atoms with van der Waals surface area (Å²) in [5.41, 5.74) is 21.1. The molecule has 0 amide bonds. The lowest BCUT2D eigenvalue weighted by Crippen LogP contribution is -2.27. The maximum Gasteiger partial charge on any atom is 0.0688 e. The fraction of sp³-hybridized carbons (Fsp3) is 0.121. The number of hydrogen-bond donors (Lipinski definition) is 0. The Balaban J connectivity index is 1.38. The molecule has 35 heavy (non-hydrogen) atoms. The molecule has 0 saturated heterocycles. The molecule has 0 unspecified atom stereocenters. The van der Waals surface area contributed by atoms with Gasteiger partial charge in [0.2, 0.25) is 0 Å². The highest BCUT2D eigenvalue weighted by Crippen LogP contribution is 2.57. The molecule has 4 aromatic carbocycles. The second kappa shape index (κ2) is 6.28. The summed E-state index contributed by atoms with van der Waals surface area (Å²) < 4.78 is 0. The average Bonchev–Trinajstić information content (AvgIpc) is 3.47.